The van der Waals surface area contributed by atoms with Crippen LogP contribution in [0.15, 0.2) is 48.5 Å². The van der Waals surface area contributed by atoms with E-state index in [-0.39, 0.29) is 16.7 Å². The van der Waals surface area contributed by atoms with E-state index in [1.165, 1.54) is 12.1 Å². The Morgan fingerprint density at radius 3 is 1.95 bits per heavy atom. The minimum Gasteiger partial charge on any atom is -0.481 e. The highest BCUT2D eigenvalue weighted by atomic mass is 16.4. The number of aliphatic carboxylic acids is 1. The number of rotatable bonds is 5. The molecule has 0 bridgehead atoms. The van der Waals surface area contributed by atoms with Gasteiger partial charge in [0.1, 0.15) is 5.92 Å². The SMILES string of the molecule is O=C(O)c1ccc(C(C(=O)O)c2ccccc2)c(C(=O)O)c1. The Morgan fingerprint density at radius 1 is 0.818 bits per heavy atom. The summed E-state index contributed by atoms with van der Waals surface area (Å²) in [5.74, 6) is -5.05. The monoisotopic (exact) mass is 300 g/mol. The molecule has 0 amide bonds. The van der Waals surface area contributed by atoms with Crippen molar-refractivity contribution in [3.8, 4) is 0 Å². The fourth-order valence-corrected chi connectivity index (χ4v) is 2.23. The first-order valence-electron chi connectivity index (χ1n) is 6.30. The summed E-state index contributed by atoms with van der Waals surface area (Å²) < 4.78 is 0. The van der Waals surface area contributed by atoms with Crippen molar-refractivity contribution in [1.29, 1.82) is 0 Å². The smallest absolute Gasteiger partial charge is 0.336 e. The Kier molecular flexibility index (Phi) is 4.22. The summed E-state index contributed by atoms with van der Waals surface area (Å²) in [6.45, 7) is 0. The zero-order valence-electron chi connectivity index (χ0n) is 11.3. The van der Waals surface area contributed by atoms with Gasteiger partial charge in [-0.15, -0.1) is 0 Å². The molecule has 2 aromatic rings. The molecule has 2 rings (SSSR count). The van der Waals surface area contributed by atoms with E-state index in [0.29, 0.717) is 5.56 Å². The summed E-state index contributed by atoms with van der Waals surface area (Å²) in [5.41, 5.74) is -0.0914. The van der Waals surface area contributed by atoms with Crippen LogP contribution in [0.4, 0.5) is 0 Å². The predicted molar refractivity (Wildman–Crippen MR) is 76.3 cm³/mol. The Hall–Kier alpha value is -3.15. The minimum absolute atomic E-state index is 0.0381. The highest BCUT2D eigenvalue weighted by Gasteiger charge is 2.27. The van der Waals surface area contributed by atoms with Crippen molar-refractivity contribution in [1.82, 2.24) is 0 Å². The standard InChI is InChI=1S/C16H12O6/c17-14(18)10-6-7-11(12(8-10)15(19)20)13(16(21)22)9-4-2-1-3-5-9/h1-8,13H,(H,17,18)(H,19,20)(H,21,22). The summed E-state index contributed by atoms with van der Waals surface area (Å²) in [7, 11) is 0. The highest BCUT2D eigenvalue weighted by Crippen LogP contribution is 2.28. The van der Waals surface area contributed by atoms with E-state index >= 15 is 0 Å². The molecule has 1 unspecified atom stereocenters. The van der Waals surface area contributed by atoms with Crippen LogP contribution in [0.1, 0.15) is 37.8 Å². The van der Waals surface area contributed by atoms with Crippen molar-refractivity contribution >= 4 is 17.9 Å². The van der Waals surface area contributed by atoms with Gasteiger partial charge in [-0.2, -0.15) is 0 Å². The van der Waals surface area contributed by atoms with Gasteiger partial charge < -0.3 is 15.3 Å². The number of carboxylic acid groups (broad SMARTS) is 3. The van der Waals surface area contributed by atoms with Gasteiger partial charge in [0.15, 0.2) is 0 Å². The third-order valence-corrected chi connectivity index (χ3v) is 3.22. The summed E-state index contributed by atoms with van der Waals surface area (Å²) in [5, 5.41) is 27.7. The fourth-order valence-electron chi connectivity index (χ4n) is 2.23. The third kappa shape index (κ3) is 2.95. The van der Waals surface area contributed by atoms with Crippen molar-refractivity contribution in [2.24, 2.45) is 0 Å². The van der Waals surface area contributed by atoms with Crippen molar-refractivity contribution in [2.75, 3.05) is 0 Å². The molecule has 0 aliphatic carbocycles. The summed E-state index contributed by atoms with van der Waals surface area (Å²) in [6.07, 6.45) is 0. The van der Waals surface area contributed by atoms with Crippen LogP contribution < -0.4 is 0 Å². The van der Waals surface area contributed by atoms with E-state index in [0.717, 1.165) is 6.07 Å². The first-order valence-corrected chi connectivity index (χ1v) is 6.30. The Bertz CT molecular complexity index is 736. The minimum atomic E-state index is -1.37. The Labute approximate surface area is 125 Å². The lowest BCUT2D eigenvalue weighted by atomic mass is 9.87. The average Bonchev–Trinajstić information content (AvgIpc) is 2.48. The second-order valence-electron chi connectivity index (χ2n) is 4.59. The normalized spacial score (nSPS) is 11.6. The summed E-state index contributed by atoms with van der Waals surface area (Å²) in [4.78, 5) is 33.9. The van der Waals surface area contributed by atoms with E-state index in [1.807, 2.05) is 0 Å². The average molecular weight is 300 g/mol. The lowest BCUT2D eigenvalue weighted by molar-refractivity contribution is -0.137. The van der Waals surface area contributed by atoms with Gasteiger partial charge in [0.25, 0.3) is 0 Å². The first kappa shape index (κ1) is 15.2. The molecule has 6 nitrogen and oxygen atoms in total. The lowest BCUT2D eigenvalue weighted by Gasteiger charge is -2.16. The molecule has 0 radical (unpaired) electrons. The van der Waals surface area contributed by atoms with E-state index in [1.54, 1.807) is 30.3 Å². The molecule has 0 saturated heterocycles. The molecule has 6 heteroatoms. The van der Waals surface area contributed by atoms with Crippen molar-refractivity contribution in [3.05, 3.63) is 70.8 Å². The van der Waals surface area contributed by atoms with Crippen LogP contribution >= 0.6 is 0 Å². The highest BCUT2D eigenvalue weighted by molar-refractivity contribution is 5.97. The number of hydrogen-bond donors (Lipinski definition) is 3. The van der Waals surface area contributed by atoms with Crippen LogP contribution in [0, 0.1) is 0 Å². The van der Waals surface area contributed by atoms with Gasteiger partial charge in [-0.05, 0) is 23.3 Å². The Morgan fingerprint density at radius 2 is 1.45 bits per heavy atom. The molecule has 0 aliphatic heterocycles. The molecule has 0 saturated carbocycles. The molecular formula is C16H12O6. The number of carbonyl (C=O) groups is 3. The van der Waals surface area contributed by atoms with Gasteiger partial charge in [-0.3, -0.25) is 4.79 Å². The number of hydrogen-bond acceptors (Lipinski definition) is 3. The van der Waals surface area contributed by atoms with Gasteiger partial charge >= 0.3 is 17.9 Å². The van der Waals surface area contributed by atoms with Crippen LogP contribution in [0.3, 0.4) is 0 Å². The molecule has 0 heterocycles. The van der Waals surface area contributed by atoms with Gasteiger partial charge in [0, 0.05) is 0 Å². The number of aromatic carboxylic acids is 2. The molecule has 1 atom stereocenters. The molecule has 0 spiro atoms. The maximum atomic E-state index is 11.6. The maximum Gasteiger partial charge on any atom is 0.336 e. The van der Waals surface area contributed by atoms with Crippen LogP contribution in [0.2, 0.25) is 0 Å². The molecule has 0 fully saturated rings. The predicted octanol–water partition coefficient (Wildman–Crippen LogP) is 2.30. The molecule has 0 aliphatic rings. The van der Waals surface area contributed by atoms with Gasteiger partial charge in [0.2, 0.25) is 0 Å². The van der Waals surface area contributed by atoms with Crippen molar-refractivity contribution < 1.29 is 29.7 Å². The van der Waals surface area contributed by atoms with Gasteiger partial charge in [0.05, 0.1) is 11.1 Å². The van der Waals surface area contributed by atoms with Crippen LogP contribution in [-0.4, -0.2) is 33.2 Å². The topological polar surface area (TPSA) is 112 Å². The summed E-state index contributed by atoms with van der Waals surface area (Å²) in [6, 6.07) is 11.6. The molecule has 2 aromatic carbocycles. The zero-order valence-corrected chi connectivity index (χ0v) is 11.3. The molecule has 22 heavy (non-hydrogen) atoms. The molecule has 112 valence electrons. The summed E-state index contributed by atoms with van der Waals surface area (Å²) >= 11 is 0. The van der Waals surface area contributed by atoms with Crippen LogP contribution in [-0.2, 0) is 4.79 Å². The molecule has 3 N–H and O–H groups in total. The maximum absolute atomic E-state index is 11.6. The second-order valence-corrected chi connectivity index (χ2v) is 4.59. The third-order valence-electron chi connectivity index (χ3n) is 3.22. The van der Waals surface area contributed by atoms with Gasteiger partial charge in [-0.25, -0.2) is 9.59 Å². The fraction of sp³-hybridized carbons (Fsp3) is 0.0625. The van der Waals surface area contributed by atoms with E-state index in [9.17, 15) is 24.6 Å². The molecular weight excluding hydrogens is 288 g/mol. The Balaban J connectivity index is 2.64. The zero-order chi connectivity index (χ0) is 16.3. The largest absolute Gasteiger partial charge is 0.481 e. The van der Waals surface area contributed by atoms with E-state index in [2.05, 4.69) is 0 Å². The number of carboxylic acids is 3. The van der Waals surface area contributed by atoms with Crippen LogP contribution in [0.25, 0.3) is 0 Å². The second kappa shape index (κ2) is 6.09. The van der Waals surface area contributed by atoms with E-state index < -0.39 is 23.8 Å². The number of benzene rings is 2. The quantitative estimate of drug-likeness (QED) is 0.781. The van der Waals surface area contributed by atoms with Crippen molar-refractivity contribution in [2.45, 2.75) is 5.92 Å². The van der Waals surface area contributed by atoms with Gasteiger partial charge in [-0.1, -0.05) is 36.4 Å². The van der Waals surface area contributed by atoms with E-state index in [4.69, 9.17) is 5.11 Å². The molecule has 0 aromatic heterocycles. The first-order chi connectivity index (χ1) is 10.4. The van der Waals surface area contributed by atoms with Crippen LogP contribution in [0.5, 0.6) is 0 Å². The van der Waals surface area contributed by atoms with Crippen molar-refractivity contribution in [3.63, 3.8) is 0 Å². The lowest BCUT2D eigenvalue weighted by Crippen LogP contribution is -2.17.